The van der Waals surface area contributed by atoms with Gasteiger partial charge in [0, 0.05) is 13.0 Å². The Labute approximate surface area is 69.3 Å². The van der Waals surface area contributed by atoms with Crippen LogP contribution in [0.15, 0.2) is 0 Å². The minimum absolute atomic E-state index is 0.0220. The molecule has 0 N–H and O–H groups in total. The molecule has 0 spiro atoms. The maximum absolute atomic E-state index is 6.58. The number of terminal acetylenes is 1. The molecule has 1 heterocycles. The molecule has 2 nitrogen and oxygen atoms in total. The lowest BCUT2D eigenvalue weighted by atomic mass is 10.2. The number of rotatable bonds is 3. The predicted octanol–water partition coefficient (Wildman–Crippen LogP) is 1.55. The van der Waals surface area contributed by atoms with Crippen LogP contribution in [0.25, 0.3) is 0 Å². The van der Waals surface area contributed by atoms with Crippen molar-refractivity contribution in [3.05, 3.63) is 0 Å². The third kappa shape index (κ3) is 3.41. The third-order valence-corrected chi connectivity index (χ3v) is 1.67. The van der Waals surface area contributed by atoms with Crippen LogP contribution in [0, 0.1) is 12.3 Å². The van der Waals surface area contributed by atoms with E-state index in [0.29, 0.717) is 13.0 Å². The highest BCUT2D eigenvalue weighted by atomic mass is 16.7. The second kappa shape index (κ2) is 5.17. The summed E-state index contributed by atoms with van der Waals surface area (Å²) in [5.41, 5.74) is 0. The van der Waals surface area contributed by atoms with E-state index in [1.807, 2.05) is 0 Å². The van der Waals surface area contributed by atoms with E-state index >= 15 is 0 Å². The Bertz CT molecular complexity index is 165. The van der Waals surface area contributed by atoms with Crippen molar-refractivity contribution in [1.82, 2.24) is 0 Å². The summed E-state index contributed by atoms with van der Waals surface area (Å²) in [4.78, 5) is 0. The fourth-order valence-corrected chi connectivity index (χ4v) is 1.08. The highest BCUT2D eigenvalue weighted by molar-refractivity contribution is 4.82. The van der Waals surface area contributed by atoms with E-state index in [2.05, 4.69) is 12.3 Å². The van der Waals surface area contributed by atoms with E-state index in [9.17, 15) is 0 Å². The van der Waals surface area contributed by atoms with Crippen LogP contribution in [-0.2, 0) is 9.47 Å². The van der Waals surface area contributed by atoms with Gasteiger partial charge >= 0.3 is 0 Å². The van der Waals surface area contributed by atoms with Crippen LogP contribution >= 0.6 is 0 Å². The summed E-state index contributed by atoms with van der Waals surface area (Å²) < 4.78 is 17.3. The van der Waals surface area contributed by atoms with E-state index in [-0.39, 0.29) is 6.29 Å². The van der Waals surface area contributed by atoms with Crippen molar-refractivity contribution in [2.24, 2.45) is 0 Å². The first kappa shape index (κ1) is 7.15. The van der Waals surface area contributed by atoms with Crippen LogP contribution in [-0.4, -0.2) is 19.5 Å². The first-order valence-electron chi connectivity index (χ1n) is 4.56. The van der Waals surface area contributed by atoms with Gasteiger partial charge < -0.3 is 9.47 Å². The molecule has 62 valence electrons. The Morgan fingerprint density at radius 2 is 2.73 bits per heavy atom. The van der Waals surface area contributed by atoms with Crippen molar-refractivity contribution in [1.29, 1.82) is 0 Å². The molecule has 0 bridgehead atoms. The largest absolute Gasteiger partial charge is 0.353 e. The van der Waals surface area contributed by atoms with E-state index < -0.39 is 0 Å². The zero-order chi connectivity index (χ0) is 8.65. The van der Waals surface area contributed by atoms with Crippen LogP contribution < -0.4 is 0 Å². The Hall–Kier alpha value is -0.520. The molecule has 0 aromatic heterocycles. The Morgan fingerprint density at radius 3 is 3.45 bits per heavy atom. The minimum atomic E-state index is -0.0220. The van der Waals surface area contributed by atoms with Crippen molar-refractivity contribution in [3.63, 3.8) is 0 Å². The maximum atomic E-state index is 6.58. The van der Waals surface area contributed by atoms with Gasteiger partial charge in [0.2, 0.25) is 0 Å². The molecule has 1 unspecified atom stereocenters. The van der Waals surface area contributed by atoms with Crippen molar-refractivity contribution < 1.29 is 10.8 Å². The van der Waals surface area contributed by atoms with Gasteiger partial charge in [-0.05, 0) is 19.3 Å². The molecule has 0 aromatic rings. The second-order valence-corrected chi connectivity index (χ2v) is 2.59. The summed E-state index contributed by atoms with van der Waals surface area (Å²) in [6.07, 6.45) is 6.02. The van der Waals surface area contributed by atoms with Crippen molar-refractivity contribution in [3.8, 4) is 12.3 Å². The highest BCUT2D eigenvalue weighted by Gasteiger charge is 2.12. The van der Waals surface area contributed by atoms with E-state index in [1.54, 1.807) is 0 Å². The van der Waals surface area contributed by atoms with Gasteiger partial charge in [-0.1, -0.05) is 0 Å². The van der Waals surface area contributed by atoms with E-state index in [1.165, 1.54) is 6.42 Å². The third-order valence-electron chi connectivity index (χ3n) is 1.67. The van der Waals surface area contributed by atoms with Gasteiger partial charge in [-0.2, -0.15) is 0 Å². The Kier molecular flexibility index (Phi) is 3.36. The van der Waals surface area contributed by atoms with Gasteiger partial charge in [0.15, 0.2) is 6.29 Å². The minimum Gasteiger partial charge on any atom is -0.353 e. The quantitative estimate of drug-likeness (QED) is 0.455. The Balaban J connectivity index is 2.00. The second-order valence-electron chi connectivity index (χ2n) is 2.59. The zero-order valence-corrected chi connectivity index (χ0v) is 6.64. The standard InChI is InChI=1S/C9H14O2/c1-2-3-7-10-9-6-4-5-8-11-9/h1,9H,3-8H2/i1D. The molecular formula is C9H14O2. The smallest absolute Gasteiger partial charge is 0.157 e. The molecule has 0 aromatic carbocycles. The zero-order valence-electron chi connectivity index (χ0n) is 7.64. The van der Waals surface area contributed by atoms with Crippen molar-refractivity contribution in [2.45, 2.75) is 32.0 Å². The van der Waals surface area contributed by atoms with Crippen molar-refractivity contribution >= 4 is 0 Å². The van der Waals surface area contributed by atoms with Gasteiger partial charge in [-0.15, -0.1) is 12.3 Å². The number of ether oxygens (including phenoxy) is 2. The predicted molar refractivity (Wildman–Crippen MR) is 43.0 cm³/mol. The first-order chi connectivity index (χ1) is 5.93. The summed E-state index contributed by atoms with van der Waals surface area (Å²) in [5, 5.41) is 0. The summed E-state index contributed by atoms with van der Waals surface area (Å²) in [6.45, 7) is 1.39. The molecule has 1 saturated heterocycles. The molecular weight excluding hydrogens is 140 g/mol. The average molecular weight is 155 g/mol. The van der Waals surface area contributed by atoms with E-state index in [4.69, 9.17) is 10.8 Å². The molecule has 1 aliphatic heterocycles. The topological polar surface area (TPSA) is 18.5 Å². The number of hydrogen-bond acceptors (Lipinski definition) is 2. The molecule has 1 fully saturated rings. The fraction of sp³-hybridized carbons (Fsp3) is 0.778. The summed E-state index contributed by atoms with van der Waals surface area (Å²) in [5.74, 6) is 2.62. The lowest BCUT2D eigenvalue weighted by molar-refractivity contribution is -0.161. The molecule has 0 radical (unpaired) electrons. The van der Waals surface area contributed by atoms with Crippen LogP contribution in [0.2, 0.25) is 0 Å². The molecule has 0 aliphatic carbocycles. The first-order valence-corrected chi connectivity index (χ1v) is 4.06. The van der Waals surface area contributed by atoms with Gasteiger partial charge in [0.1, 0.15) is 1.37 Å². The fourth-order valence-electron chi connectivity index (χ4n) is 1.08. The van der Waals surface area contributed by atoms with E-state index in [0.717, 1.165) is 19.4 Å². The molecule has 1 aliphatic rings. The van der Waals surface area contributed by atoms with Gasteiger partial charge in [0.25, 0.3) is 0 Å². The van der Waals surface area contributed by atoms with Gasteiger partial charge in [-0.3, -0.25) is 0 Å². The molecule has 11 heavy (non-hydrogen) atoms. The van der Waals surface area contributed by atoms with Crippen LogP contribution in [0.3, 0.4) is 0 Å². The SMILES string of the molecule is [2H]C#CCCOC1CCCCO1. The summed E-state index contributed by atoms with van der Waals surface area (Å²) in [6, 6.07) is 0. The van der Waals surface area contributed by atoms with Gasteiger partial charge in [-0.25, -0.2) is 0 Å². The van der Waals surface area contributed by atoms with Crippen LogP contribution in [0.5, 0.6) is 0 Å². The molecule has 1 rings (SSSR count). The Morgan fingerprint density at radius 1 is 1.73 bits per heavy atom. The monoisotopic (exact) mass is 155 g/mol. The van der Waals surface area contributed by atoms with Crippen molar-refractivity contribution in [2.75, 3.05) is 13.2 Å². The lowest BCUT2D eigenvalue weighted by Crippen LogP contribution is -2.22. The highest BCUT2D eigenvalue weighted by Crippen LogP contribution is 2.13. The summed E-state index contributed by atoms with van der Waals surface area (Å²) in [7, 11) is 0. The van der Waals surface area contributed by atoms with Crippen LogP contribution in [0.1, 0.15) is 27.1 Å². The molecule has 2 heteroatoms. The normalized spacial score (nSPS) is 25.1. The number of hydrogen-bond donors (Lipinski definition) is 0. The van der Waals surface area contributed by atoms with Crippen LogP contribution in [0.4, 0.5) is 0 Å². The molecule has 0 saturated carbocycles. The molecule has 1 atom stereocenters. The molecule has 0 amide bonds. The maximum Gasteiger partial charge on any atom is 0.157 e. The lowest BCUT2D eigenvalue weighted by Gasteiger charge is -2.22. The summed E-state index contributed by atoms with van der Waals surface area (Å²) >= 11 is 0. The average Bonchev–Trinajstić information content (AvgIpc) is 2.14. The van der Waals surface area contributed by atoms with Gasteiger partial charge in [0.05, 0.1) is 6.61 Å².